The van der Waals surface area contributed by atoms with E-state index in [1.807, 2.05) is 6.92 Å². The van der Waals surface area contributed by atoms with Crippen molar-refractivity contribution in [2.75, 3.05) is 13.2 Å². The lowest BCUT2D eigenvalue weighted by Crippen LogP contribution is -2.68. The highest BCUT2D eigenvalue weighted by atomic mass is 16.8. The van der Waals surface area contributed by atoms with Gasteiger partial charge in [-0.25, -0.2) is 4.79 Å². The van der Waals surface area contributed by atoms with Crippen molar-refractivity contribution in [3.8, 4) is 0 Å². The van der Waals surface area contributed by atoms with Gasteiger partial charge in [0.25, 0.3) is 0 Å². The molecule has 9 N–H and O–H groups in total. The summed E-state index contributed by atoms with van der Waals surface area (Å²) in [5, 5.41) is 103. The molecular formula is C61H102O27. The van der Waals surface area contributed by atoms with Gasteiger partial charge >= 0.3 is 23.9 Å². The van der Waals surface area contributed by atoms with Gasteiger partial charge in [-0.2, -0.15) is 0 Å². The summed E-state index contributed by atoms with van der Waals surface area (Å²) in [5.74, 6) is -4.43. The summed E-state index contributed by atoms with van der Waals surface area (Å²) in [6.45, 7) is 14.9. The molecule has 88 heavy (non-hydrogen) atoms. The predicted octanol–water partition coefficient (Wildman–Crippen LogP) is 1.92. The van der Waals surface area contributed by atoms with Crippen LogP contribution in [0.2, 0.25) is 0 Å². The Kier molecular flexibility index (Phi) is 29.6. The van der Waals surface area contributed by atoms with Crippen LogP contribution in [0.4, 0.5) is 0 Å². The molecule has 6 saturated heterocycles. The first-order chi connectivity index (χ1) is 41.9. The molecule has 0 amide bonds. The molecule has 0 aliphatic carbocycles. The Hall–Kier alpha value is -3.14. The number of ether oxygens (including phenoxy) is 14. The van der Waals surface area contributed by atoms with Gasteiger partial charge in [-0.05, 0) is 66.7 Å². The van der Waals surface area contributed by atoms with E-state index in [0.717, 1.165) is 51.4 Å². The molecule has 0 aromatic rings. The van der Waals surface area contributed by atoms with Gasteiger partial charge in [-0.15, -0.1) is 0 Å². The summed E-state index contributed by atoms with van der Waals surface area (Å²) in [6.07, 6.45) is -30.7. The normalized spacial score (nSPS) is 41.9. The number of hydrogen-bond donors (Lipinski definition) is 9. The van der Waals surface area contributed by atoms with Gasteiger partial charge in [0.15, 0.2) is 49.8 Å². The van der Waals surface area contributed by atoms with Crippen LogP contribution in [0.25, 0.3) is 0 Å². The minimum Gasteiger partial charge on any atom is -0.463 e. The fourth-order valence-corrected chi connectivity index (χ4v) is 11.4. The molecule has 6 rings (SSSR count). The number of carbonyl (C=O) groups excluding carboxylic acids is 4. The third-order valence-electron chi connectivity index (χ3n) is 17.7. The van der Waals surface area contributed by atoms with E-state index < -0.39 is 209 Å². The maximum Gasteiger partial charge on any atom is 0.333 e. The number of aliphatic hydroxyl groups excluding tert-OH is 9. The maximum absolute atomic E-state index is 14.2. The van der Waals surface area contributed by atoms with Gasteiger partial charge in [0, 0.05) is 12.0 Å². The van der Waals surface area contributed by atoms with Crippen molar-refractivity contribution < 1.29 is 131 Å². The van der Waals surface area contributed by atoms with E-state index in [1.165, 1.54) is 33.8 Å². The van der Waals surface area contributed by atoms with Crippen LogP contribution in [0.1, 0.15) is 166 Å². The molecule has 0 radical (unpaired) electrons. The Morgan fingerprint density at radius 2 is 1.11 bits per heavy atom. The lowest BCUT2D eigenvalue weighted by molar-refractivity contribution is -0.400. The largest absolute Gasteiger partial charge is 0.463 e. The molecule has 28 atom stereocenters. The highest BCUT2D eigenvalue weighted by Gasteiger charge is 2.59. The zero-order valence-corrected chi connectivity index (χ0v) is 52.6. The van der Waals surface area contributed by atoms with Crippen molar-refractivity contribution in [3.05, 3.63) is 11.6 Å². The molecule has 27 nitrogen and oxygen atoms in total. The molecule has 0 bridgehead atoms. The first-order valence-electron chi connectivity index (χ1n) is 31.9. The molecule has 27 heteroatoms. The first kappa shape index (κ1) is 73.9. The molecule has 0 saturated carbocycles. The fraction of sp³-hybridized carbons (Fsp3) is 0.902. The van der Waals surface area contributed by atoms with E-state index in [9.17, 15) is 65.1 Å². The smallest absolute Gasteiger partial charge is 0.333 e. The Morgan fingerprint density at radius 1 is 0.557 bits per heavy atom. The summed E-state index contributed by atoms with van der Waals surface area (Å²) < 4.78 is 87.2. The SMILES string of the molecule is CC=C(C)C(=O)O[C@@H]1[C@@H](O)[C@@H](O)[C@H](O[C@@H]2[C@@H](O[C@@H]3O[C@H](COC(=O)[C@@H](C)CC)[C@@H](O)[C@H](O)[C@H]3O)[C@@H](OC(=O)[C@@H](C)CC)[C@H](O[C@@H]3[C@@H](O)[C@H]4OC(=O)CCCCCCCCCC[C@H](CCCC)O[C@@H]5O[C@H](CO)[C@@H](O)[C@H](O)[C@H]5O[C@@H]4O[C@H]3C)O[C@H]2C)O[C@H]1C. The number of carbonyl (C=O) groups is 4. The van der Waals surface area contributed by atoms with E-state index in [2.05, 4.69) is 0 Å². The number of fused-ring (bicyclic) bond motifs is 2. The molecule has 6 fully saturated rings. The minimum atomic E-state index is -2.08. The Balaban J connectivity index is 1.39. The number of aliphatic hydroxyl groups is 9. The lowest BCUT2D eigenvalue weighted by atomic mass is 9.95. The zero-order valence-electron chi connectivity index (χ0n) is 52.6. The third-order valence-corrected chi connectivity index (χ3v) is 17.7. The van der Waals surface area contributed by atoms with Crippen LogP contribution >= 0.6 is 0 Å². The van der Waals surface area contributed by atoms with Crippen LogP contribution in [0, 0.1) is 11.8 Å². The van der Waals surface area contributed by atoms with E-state index in [-0.39, 0.29) is 18.4 Å². The maximum atomic E-state index is 14.2. The molecule has 0 unspecified atom stereocenters. The standard InChI is InChI=1S/C61H102O27/c1-11-15-24-35-25-22-20-18-16-17-19-21-23-26-38(63)82-51-46(71)48(33(9)77-59(51)87-50-42(67)39(64)36(27-62)80-60(50)79-35)85-61-53(84-56(74)31(7)14-4)52(88-58-44(69)41(66)40(65)37(81-58)28-75-54(72)29(5)12-2)49(34(10)78-61)86-57-45(70)43(68)47(32(8)76-57)83-55(73)30(6)13-3/h13,29,31-37,39-53,57-62,64-71H,11-12,14-28H2,1-10H3/t29-,31-,32-,33-,34-,35-,36+,37+,39+,40+,41-,42-,43-,44+,45+,46+,47-,48-,49-,50+,51+,52+,53+,57-,58-,59-,60+,61-/m0/s1. The van der Waals surface area contributed by atoms with Crippen molar-refractivity contribution in [3.63, 3.8) is 0 Å². The van der Waals surface area contributed by atoms with Crippen molar-refractivity contribution >= 4 is 23.9 Å². The van der Waals surface area contributed by atoms with Crippen molar-refractivity contribution in [2.45, 2.75) is 325 Å². The fourth-order valence-electron chi connectivity index (χ4n) is 11.4. The zero-order chi connectivity index (χ0) is 64.7. The summed E-state index contributed by atoms with van der Waals surface area (Å²) in [5.41, 5.74) is 0.210. The second-order valence-corrected chi connectivity index (χ2v) is 24.4. The molecule has 6 heterocycles. The van der Waals surface area contributed by atoms with Gasteiger partial charge in [0.05, 0.1) is 42.9 Å². The van der Waals surface area contributed by atoms with E-state index >= 15 is 0 Å². The van der Waals surface area contributed by atoms with Crippen LogP contribution in [0.5, 0.6) is 0 Å². The molecular weight excluding hydrogens is 1160 g/mol. The molecule has 508 valence electrons. The number of rotatable bonds is 19. The van der Waals surface area contributed by atoms with Gasteiger partial charge in [0.2, 0.25) is 0 Å². The second kappa shape index (κ2) is 35.2. The van der Waals surface area contributed by atoms with Crippen LogP contribution in [0.3, 0.4) is 0 Å². The van der Waals surface area contributed by atoms with Crippen molar-refractivity contribution in [1.29, 1.82) is 0 Å². The van der Waals surface area contributed by atoms with E-state index in [4.69, 9.17) is 66.3 Å². The topological polar surface area (TPSA) is 380 Å². The number of unbranched alkanes of at least 4 members (excludes halogenated alkanes) is 1. The van der Waals surface area contributed by atoms with Crippen LogP contribution in [0.15, 0.2) is 11.6 Å². The second-order valence-electron chi connectivity index (χ2n) is 24.4. The quantitative estimate of drug-likeness (QED) is 0.0507. The monoisotopic (exact) mass is 1270 g/mol. The Labute approximate surface area is 515 Å². The molecule has 6 aliphatic heterocycles. The van der Waals surface area contributed by atoms with Gasteiger partial charge < -0.3 is 112 Å². The van der Waals surface area contributed by atoms with Gasteiger partial charge in [-0.3, -0.25) is 14.4 Å². The third kappa shape index (κ3) is 19.0. The van der Waals surface area contributed by atoms with Crippen LogP contribution < -0.4 is 0 Å². The summed E-state index contributed by atoms with van der Waals surface area (Å²) >= 11 is 0. The van der Waals surface area contributed by atoms with Gasteiger partial charge in [0.1, 0.15) is 92.1 Å². The molecule has 6 aliphatic rings. The highest BCUT2D eigenvalue weighted by molar-refractivity contribution is 5.87. The molecule has 0 aromatic carbocycles. The predicted molar refractivity (Wildman–Crippen MR) is 304 cm³/mol. The summed E-state index contributed by atoms with van der Waals surface area (Å²) in [7, 11) is 0. The number of esters is 4. The average Bonchev–Trinajstić information content (AvgIpc) is 0.869. The Morgan fingerprint density at radius 3 is 1.76 bits per heavy atom. The van der Waals surface area contributed by atoms with Crippen LogP contribution in [-0.2, 0) is 85.5 Å². The van der Waals surface area contributed by atoms with Crippen LogP contribution in [-0.4, -0.2) is 243 Å². The number of hydrogen-bond acceptors (Lipinski definition) is 27. The highest BCUT2D eigenvalue weighted by Crippen LogP contribution is 2.40. The summed E-state index contributed by atoms with van der Waals surface area (Å²) in [6, 6.07) is 0. The van der Waals surface area contributed by atoms with Crippen molar-refractivity contribution in [1.82, 2.24) is 0 Å². The van der Waals surface area contributed by atoms with E-state index in [0.29, 0.717) is 32.1 Å². The summed E-state index contributed by atoms with van der Waals surface area (Å²) in [4.78, 5) is 53.8. The van der Waals surface area contributed by atoms with Crippen molar-refractivity contribution in [2.24, 2.45) is 11.8 Å². The lowest BCUT2D eigenvalue weighted by Gasteiger charge is -2.51. The first-order valence-corrected chi connectivity index (χ1v) is 31.9. The van der Waals surface area contributed by atoms with Gasteiger partial charge in [-0.1, -0.05) is 98.5 Å². The number of allylic oxidation sites excluding steroid dienone is 1. The molecule has 0 aromatic heterocycles. The Bertz CT molecular complexity index is 2170. The minimum absolute atomic E-state index is 0.0793. The average molecular weight is 1270 g/mol. The van der Waals surface area contributed by atoms with E-state index in [1.54, 1.807) is 34.6 Å². The molecule has 0 spiro atoms.